The molecule has 176 valence electrons. The van der Waals surface area contributed by atoms with Gasteiger partial charge in [-0.2, -0.15) is 0 Å². The molecule has 2 amide bonds. The van der Waals surface area contributed by atoms with Crippen LogP contribution >= 0.6 is 0 Å². The molecule has 0 radical (unpaired) electrons. The van der Waals surface area contributed by atoms with Crippen molar-refractivity contribution < 1.29 is 39.2 Å². The van der Waals surface area contributed by atoms with Crippen LogP contribution < -0.4 is 4.90 Å². The van der Waals surface area contributed by atoms with Crippen LogP contribution in [0, 0.1) is 20.2 Å². The average molecular weight is 479 g/mol. The molecule has 0 aliphatic carbocycles. The summed E-state index contributed by atoms with van der Waals surface area (Å²) in [5, 5.41) is 41.5. The molecule has 3 rings (SSSR count). The van der Waals surface area contributed by atoms with E-state index in [9.17, 15) is 49.6 Å². The Morgan fingerprint density at radius 1 is 0.657 bits per heavy atom. The van der Waals surface area contributed by atoms with E-state index in [4.69, 9.17) is 0 Å². The van der Waals surface area contributed by atoms with Crippen molar-refractivity contribution in [3.05, 3.63) is 109 Å². The number of carboxylic acids is 2. The molecule has 3 aromatic carbocycles. The maximum absolute atomic E-state index is 13.5. The van der Waals surface area contributed by atoms with Gasteiger partial charge in [0.25, 0.3) is 23.2 Å². The number of carbonyl (C=O) groups is 4. The van der Waals surface area contributed by atoms with Gasteiger partial charge in [-0.15, -0.1) is 0 Å². The van der Waals surface area contributed by atoms with Gasteiger partial charge in [-0.05, 0) is 24.3 Å². The lowest BCUT2D eigenvalue weighted by Gasteiger charge is -2.23. The minimum Gasteiger partial charge on any atom is -0.478 e. The number of imide groups is 1. The first-order valence-electron chi connectivity index (χ1n) is 9.50. The zero-order valence-electron chi connectivity index (χ0n) is 17.4. The molecule has 0 aliphatic heterocycles. The Morgan fingerprint density at radius 3 is 1.60 bits per heavy atom. The lowest BCUT2D eigenvalue weighted by atomic mass is 10.0. The van der Waals surface area contributed by atoms with Gasteiger partial charge >= 0.3 is 11.9 Å². The fourth-order valence-corrected chi connectivity index (χ4v) is 3.20. The van der Waals surface area contributed by atoms with Crippen LogP contribution in [0.25, 0.3) is 0 Å². The van der Waals surface area contributed by atoms with Crippen LogP contribution in [0.1, 0.15) is 41.4 Å². The van der Waals surface area contributed by atoms with Crippen LogP contribution in [0.5, 0.6) is 0 Å². The summed E-state index contributed by atoms with van der Waals surface area (Å²) in [4.78, 5) is 71.2. The second-order valence-corrected chi connectivity index (χ2v) is 6.87. The van der Waals surface area contributed by atoms with E-state index in [2.05, 4.69) is 0 Å². The Morgan fingerprint density at radius 2 is 1.11 bits per heavy atom. The number of amides is 2. The van der Waals surface area contributed by atoms with Crippen LogP contribution in [-0.4, -0.2) is 43.8 Å². The summed E-state index contributed by atoms with van der Waals surface area (Å²) >= 11 is 0. The molecule has 13 nitrogen and oxygen atoms in total. The van der Waals surface area contributed by atoms with Crippen LogP contribution in [0.3, 0.4) is 0 Å². The van der Waals surface area contributed by atoms with Gasteiger partial charge in [-0.1, -0.05) is 24.3 Å². The van der Waals surface area contributed by atoms with E-state index in [-0.39, 0.29) is 0 Å². The number of hydrogen-bond acceptors (Lipinski definition) is 8. The summed E-state index contributed by atoms with van der Waals surface area (Å²) in [6.45, 7) is 0. The van der Waals surface area contributed by atoms with Gasteiger partial charge in [-0.25, -0.2) is 14.5 Å². The normalized spacial score (nSPS) is 10.3. The standard InChI is InChI=1S/C22H13N3O10/c26-19(12-9-13(24(32)33)11-14(10-12)25(34)35)23(18-8-4-3-7-17(18)22(30)31)20(27)15-5-1-2-6-16(15)21(28)29/h1-11H,(H,28,29)(H,30,31). The summed E-state index contributed by atoms with van der Waals surface area (Å²) < 4.78 is 0. The minimum atomic E-state index is -1.54. The first-order valence-corrected chi connectivity index (χ1v) is 9.50. The average Bonchev–Trinajstić information content (AvgIpc) is 2.83. The maximum atomic E-state index is 13.5. The SMILES string of the molecule is O=C(O)c1ccccc1C(=O)N(C(=O)c1cc([N+](=O)[O-])cc([N+](=O)[O-])c1)c1ccccc1C(=O)O. The molecule has 3 aromatic rings. The fraction of sp³-hybridized carbons (Fsp3) is 0. The quantitative estimate of drug-likeness (QED) is 0.287. The smallest absolute Gasteiger partial charge is 0.337 e. The summed E-state index contributed by atoms with van der Waals surface area (Å²) in [5.41, 5.74) is -4.33. The molecule has 0 saturated heterocycles. The van der Waals surface area contributed by atoms with Crippen molar-refractivity contribution in [2.75, 3.05) is 4.90 Å². The molecule has 0 atom stereocenters. The number of carbonyl (C=O) groups excluding carboxylic acids is 2. The zero-order chi connectivity index (χ0) is 25.9. The number of nitro groups is 2. The number of nitrogens with zero attached hydrogens (tertiary/aromatic N) is 3. The second kappa shape index (κ2) is 9.58. The number of anilines is 1. The molecule has 0 bridgehead atoms. The van der Waals surface area contributed by atoms with Crippen LogP contribution in [0.2, 0.25) is 0 Å². The number of nitro benzene ring substituents is 2. The Hall–Kier alpha value is -5.46. The number of aromatic carboxylic acids is 2. The number of benzene rings is 3. The monoisotopic (exact) mass is 479 g/mol. The molecule has 0 aromatic heterocycles. The van der Waals surface area contributed by atoms with E-state index in [0.717, 1.165) is 24.3 Å². The lowest BCUT2D eigenvalue weighted by Crippen LogP contribution is -2.39. The highest BCUT2D eigenvalue weighted by Gasteiger charge is 2.33. The number of non-ortho nitro benzene ring substituents is 2. The number of rotatable bonds is 7. The van der Waals surface area contributed by atoms with Gasteiger partial charge in [0, 0.05) is 12.1 Å². The zero-order valence-corrected chi connectivity index (χ0v) is 17.4. The Balaban J connectivity index is 2.31. The van der Waals surface area contributed by atoms with Crippen LogP contribution in [-0.2, 0) is 0 Å². The minimum absolute atomic E-state index is 0.314. The molecule has 35 heavy (non-hydrogen) atoms. The highest BCUT2D eigenvalue weighted by Crippen LogP contribution is 2.29. The number of hydrogen-bond donors (Lipinski definition) is 2. The highest BCUT2D eigenvalue weighted by molar-refractivity contribution is 6.28. The van der Waals surface area contributed by atoms with E-state index >= 15 is 0 Å². The first-order chi connectivity index (χ1) is 16.5. The lowest BCUT2D eigenvalue weighted by molar-refractivity contribution is -0.394. The van der Waals surface area contributed by atoms with E-state index in [1.807, 2.05) is 0 Å². The van der Waals surface area contributed by atoms with Gasteiger partial charge in [0.15, 0.2) is 0 Å². The van der Waals surface area contributed by atoms with Gasteiger partial charge in [0.2, 0.25) is 0 Å². The number of para-hydroxylation sites is 1. The van der Waals surface area contributed by atoms with E-state index in [0.29, 0.717) is 23.1 Å². The third-order valence-electron chi connectivity index (χ3n) is 4.74. The molecule has 0 aliphatic rings. The predicted molar refractivity (Wildman–Crippen MR) is 118 cm³/mol. The molecule has 0 spiro atoms. The predicted octanol–water partition coefficient (Wildman–Crippen LogP) is 3.39. The van der Waals surface area contributed by atoms with Crippen LogP contribution in [0.4, 0.5) is 17.1 Å². The molecule has 13 heteroatoms. The molecule has 0 saturated carbocycles. The Labute approximate surface area is 194 Å². The van der Waals surface area contributed by atoms with E-state index in [1.54, 1.807) is 0 Å². The van der Waals surface area contributed by atoms with Crippen molar-refractivity contribution in [2.45, 2.75) is 0 Å². The number of carboxylic acid groups (broad SMARTS) is 2. The van der Waals surface area contributed by atoms with Gasteiger partial charge in [0.1, 0.15) is 0 Å². The van der Waals surface area contributed by atoms with Crippen molar-refractivity contribution in [2.24, 2.45) is 0 Å². The fourth-order valence-electron chi connectivity index (χ4n) is 3.20. The van der Waals surface area contributed by atoms with Crippen molar-refractivity contribution in [3.63, 3.8) is 0 Å². The third kappa shape index (κ3) is 4.83. The molecule has 0 heterocycles. The summed E-state index contributed by atoms with van der Waals surface area (Å²) in [7, 11) is 0. The largest absolute Gasteiger partial charge is 0.478 e. The van der Waals surface area contributed by atoms with Crippen LogP contribution in [0.15, 0.2) is 66.7 Å². The van der Waals surface area contributed by atoms with E-state index in [1.165, 1.54) is 24.3 Å². The second-order valence-electron chi connectivity index (χ2n) is 6.87. The molecular weight excluding hydrogens is 466 g/mol. The van der Waals surface area contributed by atoms with Crippen molar-refractivity contribution in [3.8, 4) is 0 Å². The summed E-state index contributed by atoms with van der Waals surface area (Å²) in [6, 6.07) is 11.5. The molecular formula is C22H13N3O10. The first kappa shape index (κ1) is 24.2. The van der Waals surface area contributed by atoms with Crippen molar-refractivity contribution >= 4 is 40.8 Å². The summed E-state index contributed by atoms with van der Waals surface area (Å²) in [5.74, 6) is -5.67. The van der Waals surface area contributed by atoms with Gasteiger partial charge < -0.3 is 10.2 Å². The summed E-state index contributed by atoms with van der Waals surface area (Å²) in [6.07, 6.45) is 0. The molecule has 0 unspecified atom stereocenters. The molecule has 0 fully saturated rings. The van der Waals surface area contributed by atoms with Crippen molar-refractivity contribution in [1.82, 2.24) is 0 Å². The van der Waals surface area contributed by atoms with Crippen molar-refractivity contribution in [1.29, 1.82) is 0 Å². The Bertz CT molecular complexity index is 1380. The molecule has 2 N–H and O–H groups in total. The maximum Gasteiger partial charge on any atom is 0.337 e. The topological polar surface area (TPSA) is 198 Å². The third-order valence-corrected chi connectivity index (χ3v) is 4.74. The van der Waals surface area contributed by atoms with E-state index < -0.39 is 72.9 Å². The highest BCUT2D eigenvalue weighted by atomic mass is 16.6. The van der Waals surface area contributed by atoms with Gasteiger partial charge in [-0.3, -0.25) is 29.8 Å². The Kier molecular flexibility index (Phi) is 6.62. The van der Waals surface area contributed by atoms with Gasteiger partial charge in [0.05, 0.1) is 43.9 Å².